The number of benzene rings is 2. The first kappa shape index (κ1) is 17.5. The van der Waals surface area contributed by atoms with Crippen molar-refractivity contribution in [3.63, 3.8) is 0 Å². The van der Waals surface area contributed by atoms with E-state index >= 15 is 0 Å². The lowest BCUT2D eigenvalue weighted by atomic mass is 10.1. The molecule has 1 heterocycles. The van der Waals surface area contributed by atoms with Crippen LogP contribution in [0.15, 0.2) is 48.5 Å². The zero-order chi connectivity index (χ0) is 17.8. The summed E-state index contributed by atoms with van der Waals surface area (Å²) in [6, 6.07) is 14.6. The zero-order valence-electron chi connectivity index (χ0n) is 13.6. The topological polar surface area (TPSA) is 67.9 Å². The highest BCUT2D eigenvalue weighted by Crippen LogP contribution is 2.33. The van der Waals surface area contributed by atoms with Gasteiger partial charge in [-0.25, -0.2) is 0 Å². The number of carbonyl (C=O) groups excluding carboxylic acids is 2. The van der Waals surface area contributed by atoms with Crippen LogP contribution < -0.4 is 19.7 Å². The molecule has 130 valence electrons. The normalized spacial score (nSPS) is 15.8. The number of carbonyl (C=O) groups is 2. The van der Waals surface area contributed by atoms with E-state index in [2.05, 4.69) is 27.9 Å². The highest BCUT2D eigenvalue weighted by molar-refractivity contribution is 14.1. The standard InChI is InChI=1S/C18H17IN2O4/c1-20-18(23)16-10-21(13-7-3-5-9-15(13)25-16)17(22)11-24-14-8-4-2-6-12(14)19/h2-9,16H,10-11H2,1H3,(H,20,23). The van der Waals surface area contributed by atoms with E-state index in [1.165, 1.54) is 4.90 Å². The van der Waals surface area contributed by atoms with Crippen molar-refractivity contribution >= 4 is 40.1 Å². The molecular formula is C18H17IN2O4. The SMILES string of the molecule is CNC(=O)C1CN(C(=O)COc2ccccc2I)c2ccccc2O1. The lowest BCUT2D eigenvalue weighted by molar-refractivity contribution is -0.128. The van der Waals surface area contributed by atoms with Gasteiger partial charge < -0.3 is 19.7 Å². The van der Waals surface area contributed by atoms with Gasteiger partial charge >= 0.3 is 0 Å². The van der Waals surface area contributed by atoms with Crippen LogP contribution in [0.5, 0.6) is 11.5 Å². The van der Waals surface area contributed by atoms with Crippen LogP contribution in [-0.2, 0) is 9.59 Å². The maximum Gasteiger partial charge on any atom is 0.265 e. The van der Waals surface area contributed by atoms with Crippen molar-refractivity contribution in [2.75, 3.05) is 25.1 Å². The summed E-state index contributed by atoms with van der Waals surface area (Å²) in [5.41, 5.74) is 0.638. The van der Waals surface area contributed by atoms with Crippen molar-refractivity contribution in [2.45, 2.75) is 6.10 Å². The third-order valence-corrected chi connectivity index (χ3v) is 4.69. The average Bonchev–Trinajstić information content (AvgIpc) is 2.65. The minimum Gasteiger partial charge on any atom is -0.483 e. The van der Waals surface area contributed by atoms with Crippen LogP contribution in [0.1, 0.15) is 0 Å². The molecule has 6 nitrogen and oxygen atoms in total. The average molecular weight is 452 g/mol. The Hall–Kier alpha value is -2.29. The Morgan fingerprint density at radius 3 is 2.72 bits per heavy atom. The number of ether oxygens (including phenoxy) is 2. The van der Waals surface area contributed by atoms with E-state index in [0.717, 1.165) is 3.57 Å². The number of nitrogens with one attached hydrogen (secondary N) is 1. The number of nitrogens with zero attached hydrogens (tertiary/aromatic N) is 1. The molecular weight excluding hydrogens is 435 g/mol. The molecule has 0 aliphatic carbocycles. The fourth-order valence-electron chi connectivity index (χ4n) is 2.55. The lowest BCUT2D eigenvalue weighted by Gasteiger charge is -2.33. The first-order valence-electron chi connectivity index (χ1n) is 7.75. The molecule has 25 heavy (non-hydrogen) atoms. The summed E-state index contributed by atoms with van der Waals surface area (Å²) in [5, 5.41) is 2.56. The Morgan fingerprint density at radius 1 is 1.24 bits per heavy atom. The summed E-state index contributed by atoms with van der Waals surface area (Å²) in [7, 11) is 1.54. The lowest BCUT2D eigenvalue weighted by Crippen LogP contribution is -2.51. The fraction of sp³-hybridized carbons (Fsp3) is 0.222. The first-order chi connectivity index (χ1) is 12.1. The molecule has 1 aliphatic heterocycles. The molecule has 1 aliphatic rings. The van der Waals surface area contributed by atoms with Crippen molar-refractivity contribution in [1.29, 1.82) is 0 Å². The quantitative estimate of drug-likeness (QED) is 0.723. The minimum absolute atomic E-state index is 0.116. The molecule has 2 amide bonds. The van der Waals surface area contributed by atoms with Gasteiger partial charge in [0.15, 0.2) is 12.7 Å². The Morgan fingerprint density at radius 2 is 1.96 bits per heavy atom. The third-order valence-electron chi connectivity index (χ3n) is 3.80. The number of hydrogen-bond acceptors (Lipinski definition) is 4. The third kappa shape index (κ3) is 3.87. The molecule has 1 N–H and O–H groups in total. The molecule has 0 saturated carbocycles. The minimum atomic E-state index is -0.749. The summed E-state index contributed by atoms with van der Waals surface area (Å²) in [4.78, 5) is 26.2. The van der Waals surface area contributed by atoms with Gasteiger partial charge in [-0.2, -0.15) is 0 Å². The second-order valence-corrected chi connectivity index (χ2v) is 6.57. The predicted octanol–water partition coefficient (Wildman–Crippen LogP) is 2.21. The Bertz CT molecular complexity index is 796. The molecule has 0 spiro atoms. The summed E-state index contributed by atoms with van der Waals surface area (Å²) >= 11 is 2.16. The molecule has 0 saturated heterocycles. The van der Waals surface area contributed by atoms with Crippen LogP contribution in [0.3, 0.4) is 0 Å². The summed E-state index contributed by atoms with van der Waals surface area (Å²) < 4.78 is 12.3. The molecule has 0 bridgehead atoms. The largest absolute Gasteiger partial charge is 0.483 e. The molecule has 1 atom stereocenters. The van der Waals surface area contributed by atoms with Gasteiger partial charge in [-0.15, -0.1) is 0 Å². The maximum atomic E-state index is 12.7. The van der Waals surface area contributed by atoms with E-state index in [4.69, 9.17) is 9.47 Å². The highest BCUT2D eigenvalue weighted by atomic mass is 127. The number of hydrogen-bond donors (Lipinski definition) is 1. The van der Waals surface area contributed by atoms with Crippen molar-refractivity contribution < 1.29 is 19.1 Å². The number of anilines is 1. The van der Waals surface area contributed by atoms with Crippen molar-refractivity contribution in [1.82, 2.24) is 5.32 Å². The van der Waals surface area contributed by atoms with E-state index in [9.17, 15) is 9.59 Å². The summed E-state index contributed by atoms with van der Waals surface area (Å²) in [6.07, 6.45) is -0.749. The van der Waals surface area contributed by atoms with E-state index in [1.54, 1.807) is 25.2 Å². The molecule has 3 rings (SSSR count). The first-order valence-corrected chi connectivity index (χ1v) is 8.83. The zero-order valence-corrected chi connectivity index (χ0v) is 15.7. The van der Waals surface area contributed by atoms with Gasteiger partial charge in [-0.1, -0.05) is 24.3 Å². The van der Waals surface area contributed by atoms with Crippen LogP contribution in [-0.4, -0.2) is 38.1 Å². The summed E-state index contributed by atoms with van der Waals surface area (Å²) in [5.74, 6) is 0.654. The molecule has 2 aromatic carbocycles. The second kappa shape index (κ2) is 7.73. The van der Waals surface area contributed by atoms with Gasteiger partial charge in [-0.3, -0.25) is 9.59 Å². The smallest absolute Gasteiger partial charge is 0.265 e. The molecule has 1 unspecified atom stereocenters. The van der Waals surface area contributed by atoms with Crippen LogP contribution in [0.4, 0.5) is 5.69 Å². The van der Waals surface area contributed by atoms with Gasteiger partial charge in [0.2, 0.25) is 0 Å². The highest BCUT2D eigenvalue weighted by Gasteiger charge is 2.33. The molecule has 0 fully saturated rings. The predicted molar refractivity (Wildman–Crippen MR) is 102 cm³/mol. The Kier molecular flexibility index (Phi) is 5.42. The van der Waals surface area contributed by atoms with E-state index in [1.807, 2.05) is 30.3 Å². The van der Waals surface area contributed by atoms with Crippen LogP contribution in [0, 0.1) is 3.57 Å². The monoisotopic (exact) mass is 452 g/mol. The number of amides is 2. The summed E-state index contributed by atoms with van der Waals surface area (Å²) in [6.45, 7) is 0.0274. The number of halogens is 1. The van der Waals surface area contributed by atoms with Gasteiger partial charge in [0, 0.05) is 7.05 Å². The number of para-hydroxylation sites is 3. The van der Waals surface area contributed by atoms with E-state index < -0.39 is 6.10 Å². The molecule has 2 aromatic rings. The van der Waals surface area contributed by atoms with Crippen LogP contribution in [0.25, 0.3) is 0 Å². The molecule has 7 heteroatoms. The number of likely N-dealkylation sites (N-methyl/N-ethyl adjacent to an activating group) is 1. The van der Waals surface area contributed by atoms with Gasteiger partial charge in [0.05, 0.1) is 15.8 Å². The fourth-order valence-corrected chi connectivity index (χ4v) is 3.09. The van der Waals surface area contributed by atoms with E-state index in [0.29, 0.717) is 17.2 Å². The van der Waals surface area contributed by atoms with Crippen molar-refractivity contribution in [3.8, 4) is 11.5 Å². The molecule has 0 aromatic heterocycles. The maximum absolute atomic E-state index is 12.7. The number of fused-ring (bicyclic) bond motifs is 1. The van der Waals surface area contributed by atoms with Crippen LogP contribution >= 0.6 is 22.6 Å². The van der Waals surface area contributed by atoms with Crippen LogP contribution in [0.2, 0.25) is 0 Å². The van der Waals surface area contributed by atoms with Gasteiger partial charge in [0.1, 0.15) is 11.5 Å². The van der Waals surface area contributed by atoms with Crippen molar-refractivity contribution in [2.24, 2.45) is 0 Å². The second-order valence-electron chi connectivity index (χ2n) is 5.41. The Labute approximate surface area is 159 Å². The van der Waals surface area contributed by atoms with Gasteiger partial charge in [-0.05, 0) is 46.9 Å². The molecule has 0 radical (unpaired) electrons. The van der Waals surface area contributed by atoms with Gasteiger partial charge in [0.25, 0.3) is 11.8 Å². The Balaban J connectivity index is 1.78. The number of rotatable bonds is 4. The van der Waals surface area contributed by atoms with Crippen molar-refractivity contribution in [3.05, 3.63) is 52.1 Å². The van der Waals surface area contributed by atoms with E-state index in [-0.39, 0.29) is 25.0 Å².